The lowest BCUT2D eigenvalue weighted by molar-refractivity contribution is -0.137. The molecule has 0 amide bonds. The van der Waals surface area contributed by atoms with Crippen LogP contribution in [-0.2, 0) is 17.6 Å². The average Bonchev–Trinajstić information content (AvgIpc) is 2.86. The van der Waals surface area contributed by atoms with E-state index in [0.717, 1.165) is 11.3 Å². The van der Waals surface area contributed by atoms with E-state index in [9.17, 15) is 4.79 Å². The molecule has 1 aromatic carbocycles. The molecular formula is C14H16N2O4. The van der Waals surface area contributed by atoms with Gasteiger partial charge in [-0.25, -0.2) is 0 Å². The number of aliphatic carboxylic acids is 1. The monoisotopic (exact) mass is 276 g/mol. The van der Waals surface area contributed by atoms with Gasteiger partial charge in [0.2, 0.25) is 11.8 Å². The van der Waals surface area contributed by atoms with E-state index >= 15 is 0 Å². The summed E-state index contributed by atoms with van der Waals surface area (Å²) in [4.78, 5) is 10.4. The van der Waals surface area contributed by atoms with Gasteiger partial charge in [-0.3, -0.25) is 4.79 Å². The molecule has 0 atom stereocenters. The van der Waals surface area contributed by atoms with Crippen LogP contribution in [0.15, 0.2) is 28.7 Å². The summed E-state index contributed by atoms with van der Waals surface area (Å²) in [6.45, 7) is 0. The molecule has 0 saturated carbocycles. The van der Waals surface area contributed by atoms with Gasteiger partial charge >= 0.3 is 5.97 Å². The van der Waals surface area contributed by atoms with Crippen molar-refractivity contribution in [3.8, 4) is 5.75 Å². The van der Waals surface area contributed by atoms with E-state index in [0.29, 0.717) is 31.0 Å². The second kappa shape index (κ2) is 6.70. The molecule has 2 rings (SSSR count). The Kier molecular flexibility index (Phi) is 4.70. The lowest BCUT2D eigenvalue weighted by atomic mass is 10.1. The second-order valence-corrected chi connectivity index (χ2v) is 4.33. The highest BCUT2D eigenvalue weighted by atomic mass is 16.5. The number of para-hydroxylation sites is 1. The van der Waals surface area contributed by atoms with Crippen LogP contribution in [0.4, 0.5) is 0 Å². The smallest absolute Gasteiger partial charge is 0.303 e. The quantitative estimate of drug-likeness (QED) is 0.833. The van der Waals surface area contributed by atoms with E-state index in [2.05, 4.69) is 10.2 Å². The van der Waals surface area contributed by atoms with Crippen LogP contribution >= 0.6 is 0 Å². The Morgan fingerprint density at radius 2 is 2.05 bits per heavy atom. The minimum Gasteiger partial charge on any atom is -0.496 e. The Balaban J connectivity index is 1.97. The van der Waals surface area contributed by atoms with Crippen molar-refractivity contribution in [1.29, 1.82) is 0 Å². The number of methoxy groups -OCH3 is 1. The van der Waals surface area contributed by atoms with Crippen molar-refractivity contribution in [1.82, 2.24) is 10.2 Å². The van der Waals surface area contributed by atoms with Crippen molar-refractivity contribution >= 4 is 5.97 Å². The Morgan fingerprint density at radius 3 is 2.80 bits per heavy atom. The number of ether oxygens (including phenoxy) is 1. The molecule has 0 spiro atoms. The minimum atomic E-state index is -0.821. The summed E-state index contributed by atoms with van der Waals surface area (Å²) in [5.74, 6) is 0.924. The molecule has 0 radical (unpaired) electrons. The molecule has 1 heterocycles. The van der Waals surface area contributed by atoms with E-state index < -0.39 is 5.97 Å². The van der Waals surface area contributed by atoms with Crippen molar-refractivity contribution < 1.29 is 19.1 Å². The highest BCUT2D eigenvalue weighted by molar-refractivity contribution is 5.66. The number of rotatable bonds is 7. The van der Waals surface area contributed by atoms with Crippen LogP contribution in [0.2, 0.25) is 0 Å². The molecule has 106 valence electrons. The fourth-order valence-corrected chi connectivity index (χ4v) is 1.86. The molecule has 20 heavy (non-hydrogen) atoms. The van der Waals surface area contributed by atoms with Crippen molar-refractivity contribution in [3.63, 3.8) is 0 Å². The number of hydrogen-bond acceptors (Lipinski definition) is 5. The lowest BCUT2D eigenvalue weighted by Gasteiger charge is -2.05. The first-order valence-electron chi connectivity index (χ1n) is 6.34. The van der Waals surface area contributed by atoms with Gasteiger partial charge in [-0.05, 0) is 12.5 Å². The van der Waals surface area contributed by atoms with E-state index in [1.165, 1.54) is 0 Å². The predicted octanol–water partition coefficient (Wildman–Crippen LogP) is 2.08. The maximum Gasteiger partial charge on any atom is 0.303 e. The van der Waals surface area contributed by atoms with Gasteiger partial charge in [0.15, 0.2) is 0 Å². The van der Waals surface area contributed by atoms with Crippen molar-refractivity contribution in [2.45, 2.75) is 25.7 Å². The van der Waals surface area contributed by atoms with Gasteiger partial charge in [0.25, 0.3) is 0 Å². The topological polar surface area (TPSA) is 85.5 Å². The van der Waals surface area contributed by atoms with Gasteiger partial charge < -0.3 is 14.3 Å². The molecule has 0 aliphatic heterocycles. The minimum absolute atomic E-state index is 0.101. The summed E-state index contributed by atoms with van der Waals surface area (Å²) < 4.78 is 10.8. The summed E-state index contributed by atoms with van der Waals surface area (Å²) in [5, 5.41) is 16.4. The number of carbonyl (C=O) groups is 1. The summed E-state index contributed by atoms with van der Waals surface area (Å²) in [6, 6.07) is 7.63. The molecule has 6 nitrogen and oxygen atoms in total. The highest BCUT2D eigenvalue weighted by Gasteiger charge is 2.10. The Hall–Kier alpha value is -2.37. The summed E-state index contributed by atoms with van der Waals surface area (Å²) in [7, 11) is 1.62. The first-order valence-corrected chi connectivity index (χ1v) is 6.34. The number of benzene rings is 1. The predicted molar refractivity (Wildman–Crippen MR) is 70.7 cm³/mol. The second-order valence-electron chi connectivity index (χ2n) is 4.33. The first kappa shape index (κ1) is 14.0. The standard InChI is InChI=1S/C14H16N2O4/c1-19-11-6-3-2-5-10(11)9-13-16-15-12(20-13)7-4-8-14(17)18/h2-3,5-6H,4,7-9H2,1H3,(H,17,18). The number of nitrogens with zero attached hydrogens (tertiary/aromatic N) is 2. The molecule has 6 heteroatoms. The van der Waals surface area contributed by atoms with E-state index in [1.807, 2.05) is 24.3 Å². The zero-order valence-electron chi connectivity index (χ0n) is 11.2. The van der Waals surface area contributed by atoms with Gasteiger partial charge in [-0.1, -0.05) is 18.2 Å². The fourth-order valence-electron chi connectivity index (χ4n) is 1.86. The number of hydrogen-bond donors (Lipinski definition) is 1. The van der Waals surface area contributed by atoms with E-state index in [-0.39, 0.29) is 6.42 Å². The molecule has 0 unspecified atom stereocenters. The molecule has 0 saturated heterocycles. The summed E-state index contributed by atoms with van der Waals surface area (Å²) in [6.07, 6.45) is 1.57. The molecule has 0 fully saturated rings. The fraction of sp³-hybridized carbons (Fsp3) is 0.357. The van der Waals surface area contributed by atoms with E-state index in [4.69, 9.17) is 14.3 Å². The zero-order chi connectivity index (χ0) is 14.4. The van der Waals surface area contributed by atoms with Crippen LogP contribution in [-0.4, -0.2) is 28.4 Å². The van der Waals surface area contributed by atoms with Gasteiger partial charge in [0.1, 0.15) is 5.75 Å². The maximum absolute atomic E-state index is 10.4. The summed E-state index contributed by atoms with van der Waals surface area (Å²) >= 11 is 0. The Morgan fingerprint density at radius 1 is 1.30 bits per heavy atom. The van der Waals surface area contributed by atoms with Crippen LogP contribution in [0, 0.1) is 0 Å². The molecule has 0 aliphatic rings. The average molecular weight is 276 g/mol. The molecular weight excluding hydrogens is 260 g/mol. The number of aryl methyl sites for hydroxylation is 1. The first-order chi connectivity index (χ1) is 9.69. The number of aromatic nitrogens is 2. The largest absolute Gasteiger partial charge is 0.496 e. The molecule has 0 bridgehead atoms. The van der Waals surface area contributed by atoms with Crippen molar-refractivity contribution in [3.05, 3.63) is 41.6 Å². The number of carboxylic acids is 1. The van der Waals surface area contributed by atoms with Crippen LogP contribution < -0.4 is 4.74 Å². The SMILES string of the molecule is COc1ccccc1Cc1nnc(CCCC(=O)O)o1. The van der Waals surface area contributed by atoms with E-state index in [1.54, 1.807) is 7.11 Å². The maximum atomic E-state index is 10.4. The van der Waals surface area contributed by atoms with Crippen LogP contribution in [0.5, 0.6) is 5.75 Å². The van der Waals surface area contributed by atoms with Crippen molar-refractivity contribution in [2.24, 2.45) is 0 Å². The third-order valence-electron chi connectivity index (χ3n) is 2.82. The molecule has 0 aliphatic carbocycles. The van der Waals surface area contributed by atoms with Crippen molar-refractivity contribution in [2.75, 3.05) is 7.11 Å². The van der Waals surface area contributed by atoms with Gasteiger partial charge in [-0.15, -0.1) is 10.2 Å². The molecule has 2 aromatic rings. The van der Waals surface area contributed by atoms with Gasteiger partial charge in [0, 0.05) is 18.4 Å². The Labute approximate surface area is 116 Å². The number of carboxylic acid groups (broad SMARTS) is 1. The van der Waals surface area contributed by atoms with Crippen LogP contribution in [0.1, 0.15) is 30.2 Å². The van der Waals surface area contributed by atoms with Gasteiger partial charge in [0.05, 0.1) is 13.5 Å². The van der Waals surface area contributed by atoms with Gasteiger partial charge in [-0.2, -0.15) is 0 Å². The van der Waals surface area contributed by atoms with Crippen LogP contribution in [0.25, 0.3) is 0 Å². The Bertz CT molecular complexity index is 580. The lowest BCUT2D eigenvalue weighted by Crippen LogP contribution is -1.95. The molecule has 1 aromatic heterocycles. The van der Waals surface area contributed by atoms with Crippen LogP contribution in [0.3, 0.4) is 0 Å². The zero-order valence-corrected chi connectivity index (χ0v) is 11.2. The molecule has 1 N–H and O–H groups in total. The highest BCUT2D eigenvalue weighted by Crippen LogP contribution is 2.20. The summed E-state index contributed by atoms with van der Waals surface area (Å²) in [5.41, 5.74) is 0.968. The third kappa shape index (κ3) is 3.81. The normalized spacial score (nSPS) is 10.4. The third-order valence-corrected chi connectivity index (χ3v) is 2.82.